The van der Waals surface area contributed by atoms with Gasteiger partial charge >= 0.3 is 12.1 Å². The summed E-state index contributed by atoms with van der Waals surface area (Å²) in [4.78, 5) is 38.6. The Morgan fingerprint density at radius 1 is 1.24 bits per heavy atom. The summed E-state index contributed by atoms with van der Waals surface area (Å²) in [5.74, 6) is -1.43. The highest BCUT2D eigenvalue weighted by Crippen LogP contribution is 2.29. The van der Waals surface area contributed by atoms with Crippen molar-refractivity contribution < 1.29 is 24.2 Å². The van der Waals surface area contributed by atoms with E-state index < -0.39 is 17.7 Å². The second kappa shape index (κ2) is 9.61. The lowest BCUT2D eigenvalue weighted by molar-refractivity contribution is 0.0525. The summed E-state index contributed by atoms with van der Waals surface area (Å²) < 4.78 is 6.54. The van der Waals surface area contributed by atoms with Gasteiger partial charge in [0.25, 0.3) is 5.91 Å². The average molecular weight is 497 g/mol. The van der Waals surface area contributed by atoms with Crippen molar-refractivity contribution in [3.05, 3.63) is 50.8 Å². The fraction of sp³-hybridized carbons (Fsp3) is 0.455. The number of carboxylic acid groups (broad SMARTS) is 1. The number of carbonyl (C=O) groups excluding carboxylic acids is 2. The molecule has 1 aliphatic rings. The van der Waals surface area contributed by atoms with Crippen LogP contribution in [0.15, 0.2) is 18.2 Å². The van der Waals surface area contributed by atoms with Gasteiger partial charge in [0, 0.05) is 30.1 Å². The number of rotatable bonds is 5. The number of nitrogens with zero attached hydrogens (tertiary/aromatic N) is 3. The van der Waals surface area contributed by atoms with Crippen LogP contribution in [0.25, 0.3) is 0 Å². The molecule has 0 bridgehead atoms. The first-order valence-corrected chi connectivity index (χ1v) is 11.2. The van der Waals surface area contributed by atoms with Crippen molar-refractivity contribution in [2.24, 2.45) is 0 Å². The van der Waals surface area contributed by atoms with Gasteiger partial charge in [-0.1, -0.05) is 23.2 Å². The van der Waals surface area contributed by atoms with Crippen LogP contribution in [0.5, 0.6) is 0 Å². The Balaban J connectivity index is 1.79. The zero-order valence-electron chi connectivity index (χ0n) is 18.8. The number of carbonyl (C=O) groups is 3. The maximum Gasteiger partial charge on any atom is 0.407 e. The molecule has 11 heteroatoms. The first-order valence-electron chi connectivity index (χ1n) is 10.4. The van der Waals surface area contributed by atoms with E-state index in [0.717, 1.165) is 0 Å². The molecule has 0 saturated carbocycles. The number of carboxylic acids is 1. The highest BCUT2D eigenvalue weighted by Gasteiger charge is 2.34. The van der Waals surface area contributed by atoms with Gasteiger partial charge in [0.1, 0.15) is 5.60 Å². The number of nitrogens with one attached hydrogen (secondary N) is 1. The predicted molar refractivity (Wildman–Crippen MR) is 123 cm³/mol. The van der Waals surface area contributed by atoms with E-state index in [0.29, 0.717) is 28.3 Å². The molecular formula is C22H26Cl2N4O5. The molecule has 2 amide bonds. The minimum atomic E-state index is -1.16. The largest absolute Gasteiger partial charge is 0.477 e. The molecule has 2 heterocycles. The van der Waals surface area contributed by atoms with Crippen molar-refractivity contribution in [2.75, 3.05) is 6.54 Å². The zero-order valence-corrected chi connectivity index (χ0v) is 20.3. The molecule has 1 aromatic heterocycles. The lowest BCUT2D eigenvalue weighted by atomic mass is 9.98. The Morgan fingerprint density at radius 3 is 2.55 bits per heavy atom. The molecule has 1 atom stereocenters. The van der Waals surface area contributed by atoms with Gasteiger partial charge in [0.2, 0.25) is 0 Å². The Hall–Kier alpha value is -2.78. The molecule has 0 spiro atoms. The van der Waals surface area contributed by atoms with E-state index in [4.69, 9.17) is 27.9 Å². The minimum absolute atomic E-state index is 0.00479. The lowest BCUT2D eigenvalue weighted by Gasteiger charge is -2.33. The lowest BCUT2D eigenvalue weighted by Crippen LogP contribution is -2.42. The van der Waals surface area contributed by atoms with E-state index in [1.54, 1.807) is 37.8 Å². The van der Waals surface area contributed by atoms with Crippen LogP contribution in [0.2, 0.25) is 10.0 Å². The Morgan fingerprint density at radius 2 is 1.94 bits per heavy atom. The monoisotopic (exact) mass is 496 g/mol. The van der Waals surface area contributed by atoms with Gasteiger partial charge < -0.3 is 20.1 Å². The van der Waals surface area contributed by atoms with Crippen molar-refractivity contribution in [2.45, 2.75) is 58.8 Å². The fourth-order valence-corrected chi connectivity index (χ4v) is 3.94. The van der Waals surface area contributed by atoms with Gasteiger partial charge in [-0.15, -0.1) is 0 Å². The standard InChI is InChI=1S/C22H26Cl2N4O5/c1-12-9-17-14(11-27(12)19(29)13-5-6-15(23)16(24)10-13)18(20(30)31)28(26-17)8-7-25-21(32)33-22(2,3)4/h5-6,10,12H,7-9,11H2,1-4H3,(H,25,32)(H,30,31)/t12-/m1/s1. The summed E-state index contributed by atoms with van der Waals surface area (Å²) in [5.41, 5.74) is 0.823. The summed E-state index contributed by atoms with van der Waals surface area (Å²) in [6.45, 7) is 7.51. The minimum Gasteiger partial charge on any atom is -0.477 e. The number of aromatic carboxylic acids is 1. The van der Waals surface area contributed by atoms with E-state index in [9.17, 15) is 19.5 Å². The number of alkyl carbamates (subject to hydrolysis) is 1. The normalized spacial score (nSPS) is 15.7. The Labute approximate surface area is 201 Å². The molecule has 9 nitrogen and oxygen atoms in total. The number of fused-ring (bicyclic) bond motifs is 1. The predicted octanol–water partition coefficient (Wildman–Crippen LogP) is 4.00. The van der Waals surface area contributed by atoms with Crippen LogP contribution in [0.3, 0.4) is 0 Å². The molecule has 0 unspecified atom stereocenters. The molecule has 2 aromatic rings. The number of ether oxygens (including phenoxy) is 1. The van der Waals surface area contributed by atoms with Crippen LogP contribution in [0.1, 0.15) is 59.8 Å². The second-order valence-corrected chi connectivity index (χ2v) is 9.66. The van der Waals surface area contributed by atoms with Crippen LogP contribution in [0, 0.1) is 0 Å². The van der Waals surface area contributed by atoms with Gasteiger partial charge in [0.05, 0.1) is 28.8 Å². The van der Waals surface area contributed by atoms with E-state index in [-0.39, 0.29) is 42.3 Å². The van der Waals surface area contributed by atoms with Crippen LogP contribution >= 0.6 is 23.2 Å². The number of amides is 2. The molecule has 0 aliphatic carbocycles. The fourth-order valence-electron chi connectivity index (χ4n) is 3.64. The molecule has 0 radical (unpaired) electrons. The van der Waals surface area contributed by atoms with Gasteiger partial charge in [0.15, 0.2) is 5.69 Å². The molecular weight excluding hydrogens is 471 g/mol. The summed E-state index contributed by atoms with van der Waals surface area (Å²) >= 11 is 12.0. The van der Waals surface area contributed by atoms with Crippen LogP contribution < -0.4 is 5.32 Å². The SMILES string of the molecule is C[C@@H]1Cc2nn(CCNC(=O)OC(C)(C)C)c(C(=O)O)c2CN1C(=O)c1ccc(Cl)c(Cl)c1. The van der Waals surface area contributed by atoms with Crippen LogP contribution in [-0.4, -0.2) is 55.9 Å². The second-order valence-electron chi connectivity index (χ2n) is 8.85. The highest BCUT2D eigenvalue weighted by molar-refractivity contribution is 6.42. The molecule has 33 heavy (non-hydrogen) atoms. The number of hydrogen-bond donors (Lipinski definition) is 2. The quantitative estimate of drug-likeness (QED) is 0.646. The first-order chi connectivity index (χ1) is 15.4. The maximum atomic E-state index is 13.1. The summed E-state index contributed by atoms with van der Waals surface area (Å²) in [6.07, 6.45) is -0.196. The third kappa shape index (κ3) is 5.78. The first kappa shape index (κ1) is 24.9. The molecule has 0 fully saturated rings. The third-order valence-corrected chi connectivity index (χ3v) is 5.84. The van der Waals surface area contributed by atoms with E-state index in [2.05, 4.69) is 10.4 Å². The molecule has 3 rings (SSSR count). The smallest absolute Gasteiger partial charge is 0.407 e. The zero-order chi connectivity index (χ0) is 24.5. The number of benzene rings is 1. The van der Waals surface area contributed by atoms with Crippen LogP contribution in [-0.2, 0) is 24.2 Å². The van der Waals surface area contributed by atoms with Crippen molar-refractivity contribution in [3.63, 3.8) is 0 Å². The summed E-state index contributed by atoms with van der Waals surface area (Å²) in [6, 6.07) is 4.43. The van der Waals surface area contributed by atoms with Crippen molar-refractivity contribution in [1.82, 2.24) is 20.0 Å². The molecule has 178 valence electrons. The third-order valence-electron chi connectivity index (χ3n) is 5.10. The van der Waals surface area contributed by atoms with Crippen molar-refractivity contribution >= 4 is 41.2 Å². The maximum absolute atomic E-state index is 13.1. The van der Waals surface area contributed by atoms with E-state index >= 15 is 0 Å². The van der Waals surface area contributed by atoms with Gasteiger partial charge in [-0.3, -0.25) is 9.48 Å². The number of halogens is 2. The van der Waals surface area contributed by atoms with Crippen molar-refractivity contribution in [3.8, 4) is 0 Å². The molecule has 0 saturated heterocycles. The summed E-state index contributed by atoms with van der Waals surface area (Å²) in [7, 11) is 0. The average Bonchev–Trinajstić information content (AvgIpc) is 3.04. The van der Waals surface area contributed by atoms with Crippen LogP contribution in [0.4, 0.5) is 4.79 Å². The van der Waals surface area contributed by atoms with Gasteiger partial charge in [-0.05, 0) is 45.9 Å². The Kier molecular flexibility index (Phi) is 7.23. The van der Waals surface area contributed by atoms with E-state index in [1.807, 2.05) is 6.92 Å². The van der Waals surface area contributed by atoms with Gasteiger partial charge in [-0.2, -0.15) is 5.10 Å². The molecule has 1 aromatic carbocycles. The number of hydrogen-bond acceptors (Lipinski definition) is 5. The molecule has 2 N–H and O–H groups in total. The number of aromatic nitrogens is 2. The van der Waals surface area contributed by atoms with Crippen molar-refractivity contribution in [1.29, 1.82) is 0 Å². The topological polar surface area (TPSA) is 114 Å². The molecule has 1 aliphatic heterocycles. The summed E-state index contributed by atoms with van der Waals surface area (Å²) in [5, 5.41) is 17.5. The Bertz CT molecular complexity index is 1090. The van der Waals surface area contributed by atoms with E-state index in [1.165, 1.54) is 10.7 Å². The van der Waals surface area contributed by atoms with Gasteiger partial charge in [-0.25, -0.2) is 9.59 Å². The highest BCUT2D eigenvalue weighted by atomic mass is 35.5.